The monoisotopic (exact) mass is 235 g/mol. The molecule has 0 spiro atoms. The molecule has 0 radical (unpaired) electrons. The van der Waals surface area contributed by atoms with Crippen LogP contribution in [0.5, 0.6) is 0 Å². The van der Waals surface area contributed by atoms with Gasteiger partial charge in [-0.3, -0.25) is 4.79 Å². The lowest BCUT2D eigenvalue weighted by Gasteiger charge is -2.25. The first-order valence-electron chi connectivity index (χ1n) is 5.76. The number of nitrogens with one attached hydrogen (secondary N) is 1. The maximum absolute atomic E-state index is 11.8. The molecule has 94 valence electrons. The first-order valence-corrected chi connectivity index (χ1v) is 5.76. The van der Waals surface area contributed by atoms with E-state index in [0.717, 1.165) is 5.56 Å². The van der Waals surface area contributed by atoms with Crippen molar-refractivity contribution < 1.29 is 4.79 Å². The maximum Gasteiger partial charge on any atom is 0.222 e. The van der Waals surface area contributed by atoms with Crippen LogP contribution in [0.2, 0.25) is 0 Å². The second-order valence-corrected chi connectivity index (χ2v) is 4.86. The molecule has 0 aliphatic heterocycles. The Labute approximate surface area is 102 Å². The predicted molar refractivity (Wildman–Crippen MR) is 69.3 cm³/mol. The Bertz CT molecular complexity index is 362. The van der Waals surface area contributed by atoms with Gasteiger partial charge < -0.3 is 16.8 Å². The summed E-state index contributed by atoms with van der Waals surface area (Å²) < 4.78 is 0. The smallest absolute Gasteiger partial charge is 0.222 e. The fourth-order valence-electron chi connectivity index (χ4n) is 1.50. The van der Waals surface area contributed by atoms with Gasteiger partial charge in [-0.1, -0.05) is 30.3 Å². The number of hydrogen-bond donors (Lipinski definition) is 3. The van der Waals surface area contributed by atoms with Gasteiger partial charge in [-0.25, -0.2) is 0 Å². The van der Waals surface area contributed by atoms with Gasteiger partial charge in [0.1, 0.15) is 0 Å². The third-order valence-electron chi connectivity index (χ3n) is 2.62. The number of carbonyl (C=O) groups is 1. The van der Waals surface area contributed by atoms with E-state index >= 15 is 0 Å². The van der Waals surface area contributed by atoms with E-state index in [-0.39, 0.29) is 23.9 Å². The molecule has 1 unspecified atom stereocenters. The molecule has 5 N–H and O–H groups in total. The van der Waals surface area contributed by atoms with E-state index in [2.05, 4.69) is 5.32 Å². The van der Waals surface area contributed by atoms with Gasteiger partial charge in [-0.05, 0) is 19.4 Å². The standard InChI is InChI=1S/C13H21N3O/c1-13(2,9-14)16-12(17)8-11(15)10-6-4-3-5-7-10/h3-7,11H,8-9,14-15H2,1-2H3,(H,16,17). The third-order valence-corrected chi connectivity index (χ3v) is 2.62. The van der Waals surface area contributed by atoms with E-state index in [1.54, 1.807) is 0 Å². The van der Waals surface area contributed by atoms with Gasteiger partial charge in [-0.2, -0.15) is 0 Å². The van der Waals surface area contributed by atoms with Gasteiger partial charge in [0.25, 0.3) is 0 Å². The average molecular weight is 235 g/mol. The summed E-state index contributed by atoms with van der Waals surface area (Å²) in [6, 6.07) is 9.32. The van der Waals surface area contributed by atoms with E-state index in [9.17, 15) is 4.79 Å². The van der Waals surface area contributed by atoms with Crippen molar-refractivity contribution in [3.05, 3.63) is 35.9 Å². The van der Waals surface area contributed by atoms with Crippen LogP contribution in [0.15, 0.2) is 30.3 Å². The molecule has 0 saturated heterocycles. The summed E-state index contributed by atoms with van der Waals surface area (Å²) in [6.07, 6.45) is 0.271. The number of benzene rings is 1. The number of nitrogens with two attached hydrogens (primary N) is 2. The Morgan fingerprint density at radius 3 is 2.47 bits per heavy atom. The van der Waals surface area contributed by atoms with Crippen LogP contribution in [0.3, 0.4) is 0 Å². The highest BCUT2D eigenvalue weighted by Gasteiger charge is 2.20. The molecule has 0 heterocycles. The summed E-state index contributed by atoms with van der Waals surface area (Å²) in [4.78, 5) is 11.8. The van der Waals surface area contributed by atoms with Gasteiger partial charge in [0, 0.05) is 24.5 Å². The van der Waals surface area contributed by atoms with E-state index in [4.69, 9.17) is 11.5 Å². The van der Waals surface area contributed by atoms with E-state index < -0.39 is 0 Å². The quantitative estimate of drug-likeness (QED) is 0.710. The number of amides is 1. The summed E-state index contributed by atoms with van der Waals surface area (Å²) in [7, 11) is 0. The minimum Gasteiger partial charge on any atom is -0.350 e. The lowest BCUT2D eigenvalue weighted by atomic mass is 10.0. The van der Waals surface area contributed by atoms with Crippen molar-refractivity contribution in [2.24, 2.45) is 11.5 Å². The van der Waals surface area contributed by atoms with Gasteiger partial charge in [0.2, 0.25) is 5.91 Å². The summed E-state index contributed by atoms with van der Waals surface area (Å²) in [5, 5.41) is 2.86. The van der Waals surface area contributed by atoms with Crippen molar-refractivity contribution in [2.45, 2.75) is 31.8 Å². The van der Waals surface area contributed by atoms with Gasteiger partial charge >= 0.3 is 0 Å². The molecule has 1 rings (SSSR count). The zero-order chi connectivity index (χ0) is 12.9. The average Bonchev–Trinajstić information content (AvgIpc) is 2.29. The first kappa shape index (κ1) is 13.7. The molecular formula is C13H21N3O. The topological polar surface area (TPSA) is 81.1 Å². The Kier molecular flexibility index (Phi) is 4.66. The molecule has 4 heteroatoms. The van der Waals surface area contributed by atoms with Gasteiger partial charge in [0.15, 0.2) is 0 Å². The van der Waals surface area contributed by atoms with Crippen molar-refractivity contribution in [1.29, 1.82) is 0 Å². The summed E-state index contributed by atoms with van der Waals surface area (Å²) >= 11 is 0. The van der Waals surface area contributed by atoms with Crippen LogP contribution in [0.4, 0.5) is 0 Å². The minimum atomic E-state index is -0.381. The number of rotatable bonds is 5. The van der Waals surface area contributed by atoms with Crippen LogP contribution in [0, 0.1) is 0 Å². The SMILES string of the molecule is CC(C)(CN)NC(=O)CC(N)c1ccccc1. The van der Waals surface area contributed by atoms with E-state index in [1.807, 2.05) is 44.2 Å². The van der Waals surface area contributed by atoms with Gasteiger partial charge in [-0.15, -0.1) is 0 Å². The van der Waals surface area contributed by atoms with Crippen LogP contribution in [-0.4, -0.2) is 18.0 Å². The highest BCUT2D eigenvalue weighted by Crippen LogP contribution is 2.13. The van der Waals surface area contributed by atoms with Crippen molar-refractivity contribution in [3.8, 4) is 0 Å². The Hall–Kier alpha value is -1.39. The van der Waals surface area contributed by atoms with Crippen molar-refractivity contribution in [2.75, 3.05) is 6.54 Å². The first-order chi connectivity index (χ1) is 7.94. The summed E-state index contributed by atoms with van der Waals surface area (Å²) in [6.45, 7) is 4.18. The van der Waals surface area contributed by atoms with Crippen LogP contribution < -0.4 is 16.8 Å². The fraction of sp³-hybridized carbons (Fsp3) is 0.462. The normalized spacial score (nSPS) is 13.2. The Morgan fingerprint density at radius 1 is 1.35 bits per heavy atom. The molecular weight excluding hydrogens is 214 g/mol. The largest absolute Gasteiger partial charge is 0.350 e. The molecule has 0 aliphatic rings. The second kappa shape index (κ2) is 5.80. The van der Waals surface area contributed by atoms with Crippen LogP contribution in [0.1, 0.15) is 31.9 Å². The minimum absolute atomic E-state index is 0.0724. The Morgan fingerprint density at radius 2 is 1.94 bits per heavy atom. The summed E-state index contributed by atoms with van der Waals surface area (Å²) in [5.41, 5.74) is 12.1. The molecule has 4 nitrogen and oxygen atoms in total. The van der Waals surface area contributed by atoms with Crippen molar-refractivity contribution in [3.63, 3.8) is 0 Å². The molecule has 1 aromatic carbocycles. The molecule has 0 bridgehead atoms. The molecule has 0 fully saturated rings. The Balaban J connectivity index is 2.52. The number of hydrogen-bond acceptors (Lipinski definition) is 3. The lowest BCUT2D eigenvalue weighted by molar-refractivity contribution is -0.122. The molecule has 0 saturated carbocycles. The fourth-order valence-corrected chi connectivity index (χ4v) is 1.50. The van der Waals surface area contributed by atoms with E-state index in [0.29, 0.717) is 6.54 Å². The van der Waals surface area contributed by atoms with Crippen LogP contribution in [0.25, 0.3) is 0 Å². The van der Waals surface area contributed by atoms with Crippen molar-refractivity contribution in [1.82, 2.24) is 5.32 Å². The zero-order valence-electron chi connectivity index (χ0n) is 10.4. The number of carbonyl (C=O) groups excluding carboxylic acids is 1. The molecule has 1 aromatic rings. The predicted octanol–water partition coefficient (Wildman–Crippen LogP) is 0.930. The molecule has 1 amide bonds. The zero-order valence-corrected chi connectivity index (χ0v) is 10.4. The third kappa shape index (κ3) is 4.54. The lowest BCUT2D eigenvalue weighted by Crippen LogP contribution is -2.49. The second-order valence-electron chi connectivity index (χ2n) is 4.86. The summed E-state index contributed by atoms with van der Waals surface area (Å²) in [5.74, 6) is -0.0724. The molecule has 0 aliphatic carbocycles. The highest BCUT2D eigenvalue weighted by molar-refractivity contribution is 5.77. The molecule has 17 heavy (non-hydrogen) atoms. The highest BCUT2D eigenvalue weighted by atomic mass is 16.1. The van der Waals surface area contributed by atoms with Crippen LogP contribution >= 0.6 is 0 Å². The van der Waals surface area contributed by atoms with Crippen molar-refractivity contribution >= 4 is 5.91 Å². The maximum atomic E-state index is 11.8. The molecule has 0 aromatic heterocycles. The van der Waals surface area contributed by atoms with Gasteiger partial charge in [0.05, 0.1) is 0 Å². The molecule has 1 atom stereocenters. The van der Waals surface area contributed by atoms with E-state index in [1.165, 1.54) is 0 Å². The van der Waals surface area contributed by atoms with Crippen LogP contribution in [-0.2, 0) is 4.79 Å².